The molecule has 6 heterocycles. The lowest BCUT2D eigenvalue weighted by Crippen LogP contribution is -2.29. The average Bonchev–Trinajstić information content (AvgIpc) is 4.02. The first-order valence-electron chi connectivity index (χ1n) is 18.5. The third-order valence-electron chi connectivity index (χ3n) is 10.5. The van der Waals surface area contributed by atoms with E-state index < -0.39 is 0 Å². The van der Waals surface area contributed by atoms with Crippen LogP contribution in [0.3, 0.4) is 0 Å². The number of hydrogen-bond donors (Lipinski definition) is 5. The Morgan fingerprint density at radius 2 is 1.49 bits per heavy atom. The van der Waals surface area contributed by atoms with Crippen molar-refractivity contribution in [2.75, 3.05) is 24.9 Å². The van der Waals surface area contributed by atoms with Gasteiger partial charge in [0.05, 0.1) is 45.7 Å². The Labute approximate surface area is 333 Å². The zero-order chi connectivity index (χ0) is 38.8. The molecule has 9 aromatic rings. The van der Waals surface area contributed by atoms with Gasteiger partial charge in [-0.15, -0.1) is 27.8 Å². The van der Waals surface area contributed by atoms with Crippen molar-refractivity contribution in [3.63, 3.8) is 0 Å². The number of phenols is 2. The van der Waals surface area contributed by atoms with Gasteiger partial charge < -0.3 is 35.4 Å². The maximum Gasteiger partial charge on any atom is 0.313 e. The van der Waals surface area contributed by atoms with Gasteiger partial charge in [-0.2, -0.15) is 4.57 Å². The molecule has 6 aromatic heterocycles. The van der Waals surface area contributed by atoms with E-state index in [9.17, 15) is 15.3 Å². The van der Waals surface area contributed by atoms with E-state index in [1.54, 1.807) is 26.4 Å². The van der Waals surface area contributed by atoms with E-state index in [1.165, 1.54) is 22.7 Å². The van der Waals surface area contributed by atoms with Gasteiger partial charge in [0.15, 0.2) is 23.0 Å². The van der Waals surface area contributed by atoms with Crippen LogP contribution in [0.4, 0.5) is 17.3 Å². The number of thiophene rings is 2. The first-order chi connectivity index (χ1) is 27.8. The minimum absolute atomic E-state index is 0.155. The minimum Gasteiger partial charge on any atom is -0.506 e. The normalized spacial score (nSPS) is 15.8. The number of aliphatic hydroxyl groups is 1. The summed E-state index contributed by atoms with van der Waals surface area (Å²) in [7, 11) is 3.20. The third kappa shape index (κ3) is 6.29. The molecule has 0 radical (unpaired) electrons. The van der Waals surface area contributed by atoms with E-state index in [1.807, 2.05) is 80.6 Å². The fraction of sp³-hybridized carbons (Fsp3) is 0.190. The number of imidazole rings is 2. The predicted octanol–water partition coefficient (Wildman–Crippen LogP) is 8.30. The summed E-state index contributed by atoms with van der Waals surface area (Å²) in [5.41, 5.74) is 4.64. The molecule has 286 valence electrons. The highest BCUT2D eigenvalue weighted by molar-refractivity contribution is 7.23. The molecule has 1 saturated carbocycles. The second-order valence-electron chi connectivity index (χ2n) is 14.1. The molecule has 5 N–H and O–H groups in total. The summed E-state index contributed by atoms with van der Waals surface area (Å²) in [4.78, 5) is 6.45. The number of ether oxygens (including phenoxy) is 2. The SMILES string of the molecule is COc1ccc(Nc2ccc3n(n2)c(-c2cc4cccc(O)c4s2)c[n+]3-c2cc(O)c3sc(-c4cnc5ccc(NC6CCC(O)CC6)nn45)cc3c2)cc1OC. The molecule has 1 fully saturated rings. The zero-order valence-electron chi connectivity index (χ0n) is 30.9. The Morgan fingerprint density at radius 1 is 0.737 bits per heavy atom. The topological polar surface area (TPSA) is 155 Å². The standard InChI is InChI=1S/C42H36N8O5S2/c1-54-33-11-8-26(19-34(33)55-2)45-38-13-15-40-48(22-30(50(40)47-38)36-17-23-4-3-5-31(52)41(23)57-36)27-16-24-18-35(56-42(24)32(53)20-27)29-21-43-39-14-12-37(46-49(29)39)44-25-6-9-28(51)10-7-25/h3-5,8,11-22,25,28,51H,6-7,9-10H2,1-2H3,(H3-,44,45,46,47,52,53)/p+1. The highest BCUT2D eigenvalue weighted by Crippen LogP contribution is 2.41. The molecule has 0 aliphatic heterocycles. The van der Waals surface area contributed by atoms with Crippen molar-refractivity contribution in [3.8, 4) is 49.8 Å². The minimum atomic E-state index is -0.222. The van der Waals surface area contributed by atoms with Crippen LogP contribution in [0.15, 0.2) is 97.3 Å². The number of hydrogen-bond acceptors (Lipinski definition) is 12. The Bertz CT molecular complexity index is 2980. The molecule has 15 heteroatoms. The van der Waals surface area contributed by atoms with E-state index in [0.29, 0.717) is 17.3 Å². The molecule has 57 heavy (non-hydrogen) atoms. The molecule has 0 atom stereocenters. The van der Waals surface area contributed by atoms with Crippen LogP contribution < -0.4 is 24.7 Å². The van der Waals surface area contributed by atoms with E-state index in [2.05, 4.69) is 33.8 Å². The van der Waals surface area contributed by atoms with Gasteiger partial charge in [-0.3, -0.25) is 0 Å². The van der Waals surface area contributed by atoms with Crippen molar-refractivity contribution in [2.24, 2.45) is 0 Å². The molecule has 0 amide bonds. The number of phenolic OH excluding ortho intramolecular Hbond substituents is 2. The second-order valence-corrected chi connectivity index (χ2v) is 16.3. The van der Waals surface area contributed by atoms with Crippen molar-refractivity contribution in [1.82, 2.24) is 24.2 Å². The molecular formula is C42H37N8O5S2+. The fourth-order valence-electron chi connectivity index (χ4n) is 7.63. The number of fused-ring (bicyclic) bond motifs is 4. The first kappa shape index (κ1) is 35.0. The molecule has 0 saturated heterocycles. The van der Waals surface area contributed by atoms with Gasteiger partial charge in [0.25, 0.3) is 0 Å². The summed E-state index contributed by atoms with van der Waals surface area (Å²) >= 11 is 2.97. The van der Waals surface area contributed by atoms with Gasteiger partial charge in [0, 0.05) is 35.3 Å². The molecule has 0 spiro atoms. The first-order valence-corrected chi connectivity index (χ1v) is 20.2. The summed E-state index contributed by atoms with van der Waals surface area (Å²) in [6, 6.07) is 27.1. The van der Waals surface area contributed by atoms with Crippen LogP contribution in [0.5, 0.6) is 23.0 Å². The molecular weight excluding hydrogens is 761 g/mol. The van der Waals surface area contributed by atoms with Crippen LogP contribution in [-0.2, 0) is 0 Å². The molecule has 13 nitrogen and oxygen atoms in total. The van der Waals surface area contributed by atoms with Crippen LogP contribution >= 0.6 is 22.7 Å². The van der Waals surface area contributed by atoms with Gasteiger partial charge >= 0.3 is 5.65 Å². The largest absolute Gasteiger partial charge is 0.506 e. The quantitative estimate of drug-likeness (QED) is 0.0902. The average molecular weight is 798 g/mol. The Hall–Kier alpha value is -6.42. The van der Waals surface area contributed by atoms with Crippen molar-refractivity contribution in [3.05, 3.63) is 97.3 Å². The summed E-state index contributed by atoms with van der Waals surface area (Å²) in [6.07, 6.45) is 6.96. The lowest BCUT2D eigenvalue weighted by atomic mass is 9.93. The van der Waals surface area contributed by atoms with Crippen LogP contribution in [0.2, 0.25) is 0 Å². The lowest BCUT2D eigenvalue weighted by Gasteiger charge is -2.26. The number of aliphatic hydroxyl groups excluding tert-OH is 1. The molecule has 0 unspecified atom stereocenters. The van der Waals surface area contributed by atoms with Crippen molar-refractivity contribution >= 4 is 71.5 Å². The number of nitrogens with one attached hydrogen (secondary N) is 2. The number of benzene rings is 3. The Balaban J connectivity index is 1.05. The smallest absolute Gasteiger partial charge is 0.313 e. The van der Waals surface area contributed by atoms with Crippen LogP contribution in [0.1, 0.15) is 25.7 Å². The van der Waals surface area contributed by atoms with E-state index >= 15 is 0 Å². The maximum atomic E-state index is 11.5. The number of anilines is 3. The summed E-state index contributed by atoms with van der Waals surface area (Å²) in [5, 5.41) is 50.8. The van der Waals surface area contributed by atoms with Crippen molar-refractivity contribution < 1.29 is 29.4 Å². The number of aromatic hydroxyl groups is 2. The molecule has 3 aromatic carbocycles. The number of rotatable bonds is 9. The van der Waals surface area contributed by atoms with Crippen molar-refractivity contribution in [1.29, 1.82) is 0 Å². The van der Waals surface area contributed by atoms with Gasteiger partial charge in [-0.05, 0) is 85.7 Å². The van der Waals surface area contributed by atoms with Gasteiger partial charge in [-0.1, -0.05) is 21.7 Å². The van der Waals surface area contributed by atoms with E-state index in [-0.39, 0.29) is 23.6 Å². The number of nitrogens with zero attached hydrogens (tertiary/aromatic N) is 6. The monoisotopic (exact) mass is 797 g/mol. The molecule has 10 rings (SSSR count). The fourth-order valence-corrected chi connectivity index (χ4v) is 9.74. The number of aromatic nitrogens is 6. The van der Waals surface area contributed by atoms with Crippen molar-refractivity contribution in [2.45, 2.75) is 37.8 Å². The highest BCUT2D eigenvalue weighted by Gasteiger charge is 2.26. The third-order valence-corrected chi connectivity index (χ3v) is 12.9. The zero-order valence-corrected chi connectivity index (χ0v) is 32.5. The summed E-state index contributed by atoms with van der Waals surface area (Å²) in [5.74, 6) is 2.95. The number of methoxy groups -OCH3 is 2. The summed E-state index contributed by atoms with van der Waals surface area (Å²) < 4.78 is 18.2. The molecule has 1 aliphatic rings. The van der Waals surface area contributed by atoms with Gasteiger partial charge in [0.1, 0.15) is 34.9 Å². The van der Waals surface area contributed by atoms with E-state index in [0.717, 1.165) is 95.5 Å². The van der Waals surface area contributed by atoms with Gasteiger partial charge in [-0.25, -0.2) is 9.50 Å². The Morgan fingerprint density at radius 3 is 2.30 bits per heavy atom. The lowest BCUT2D eigenvalue weighted by molar-refractivity contribution is -0.566. The maximum absolute atomic E-state index is 11.5. The predicted molar refractivity (Wildman–Crippen MR) is 223 cm³/mol. The van der Waals surface area contributed by atoms with Crippen LogP contribution in [0, 0.1) is 0 Å². The summed E-state index contributed by atoms with van der Waals surface area (Å²) in [6.45, 7) is 0. The second kappa shape index (κ2) is 14.0. The van der Waals surface area contributed by atoms with Crippen LogP contribution in [-0.4, -0.2) is 65.9 Å². The highest BCUT2D eigenvalue weighted by atomic mass is 32.1. The Kier molecular flexibility index (Phi) is 8.57. The molecule has 1 aliphatic carbocycles. The van der Waals surface area contributed by atoms with Crippen LogP contribution in [0.25, 0.3) is 58.3 Å². The molecule has 0 bridgehead atoms. The van der Waals surface area contributed by atoms with E-state index in [4.69, 9.17) is 19.7 Å². The van der Waals surface area contributed by atoms with Gasteiger partial charge in [0.2, 0.25) is 5.69 Å².